The lowest BCUT2D eigenvalue weighted by Crippen LogP contribution is -2.30. The molecule has 0 spiro atoms. The lowest BCUT2D eigenvalue weighted by atomic mass is 10.0. The van der Waals surface area contributed by atoms with Crippen LogP contribution < -0.4 is 10.1 Å². The largest absolute Gasteiger partial charge is 0.480 e. The first-order chi connectivity index (χ1) is 11.4. The highest BCUT2D eigenvalue weighted by Gasteiger charge is 2.24. The number of nitrogens with one attached hydrogen (secondary N) is 1. The van der Waals surface area contributed by atoms with Crippen LogP contribution in [-0.4, -0.2) is 22.8 Å². The minimum absolute atomic E-state index is 0.101. The number of Topliss-reactive ketones (excluding diaryl/α,β-unsaturated/α-hetero) is 1. The average molecular weight is 430 g/mol. The number of fused-ring (bicyclic) bond motifs is 1. The second-order valence-electron chi connectivity index (χ2n) is 5.40. The zero-order chi connectivity index (χ0) is 17.3. The number of halogens is 2. The molecule has 0 bridgehead atoms. The van der Waals surface area contributed by atoms with E-state index < -0.39 is 6.10 Å². The summed E-state index contributed by atoms with van der Waals surface area (Å²) in [4.78, 5) is 29.1. The number of nitrogens with zero attached hydrogens (tertiary/aromatic N) is 1. The molecule has 1 aliphatic rings. The predicted molar refractivity (Wildman–Crippen MR) is 97.3 cm³/mol. The Balaban J connectivity index is 1.67. The van der Waals surface area contributed by atoms with E-state index in [0.29, 0.717) is 31.7 Å². The fraction of sp³-hybridized carbons (Fsp3) is 0.312. The molecule has 1 N–H and O–H groups in total. The van der Waals surface area contributed by atoms with Crippen LogP contribution in [0.1, 0.15) is 35.1 Å². The van der Waals surface area contributed by atoms with Crippen molar-refractivity contribution in [2.45, 2.75) is 32.3 Å². The first kappa shape index (κ1) is 17.4. The number of aryl methyl sites for hydroxylation is 1. The highest BCUT2D eigenvalue weighted by Crippen LogP contribution is 2.31. The fourth-order valence-electron chi connectivity index (χ4n) is 2.34. The summed E-state index contributed by atoms with van der Waals surface area (Å²) in [6.07, 6.45) is 1.41. The van der Waals surface area contributed by atoms with Crippen molar-refractivity contribution < 1.29 is 14.3 Å². The fourth-order valence-corrected chi connectivity index (χ4v) is 4.10. The third-order valence-corrected chi connectivity index (χ3v) is 5.47. The maximum atomic E-state index is 12.3. The Bertz CT molecular complexity index is 809. The molecule has 5 nitrogen and oxygen atoms in total. The molecule has 1 heterocycles. The molecule has 0 fully saturated rings. The van der Waals surface area contributed by atoms with Gasteiger partial charge in [-0.3, -0.25) is 14.9 Å². The average Bonchev–Trinajstić information content (AvgIpc) is 2.94. The minimum Gasteiger partial charge on any atom is -0.480 e. The first-order valence-electron chi connectivity index (χ1n) is 7.39. The number of hydrogen-bond donors (Lipinski definition) is 1. The smallest absolute Gasteiger partial charge is 0.266 e. The second kappa shape index (κ2) is 7.21. The lowest BCUT2D eigenvalue weighted by molar-refractivity contribution is -0.122. The Kier molecular flexibility index (Phi) is 5.22. The van der Waals surface area contributed by atoms with E-state index in [-0.39, 0.29) is 11.7 Å². The van der Waals surface area contributed by atoms with E-state index >= 15 is 0 Å². The maximum absolute atomic E-state index is 12.3. The van der Waals surface area contributed by atoms with Gasteiger partial charge >= 0.3 is 0 Å². The number of carbonyl (C=O) groups is 2. The number of ketones is 1. The second-order valence-corrected chi connectivity index (χ2v) is 7.69. The van der Waals surface area contributed by atoms with E-state index in [1.165, 1.54) is 11.3 Å². The Labute approximate surface area is 156 Å². The van der Waals surface area contributed by atoms with Gasteiger partial charge in [0.1, 0.15) is 5.75 Å². The number of hydrogen-bond acceptors (Lipinski definition) is 5. The first-order valence-corrected chi connectivity index (χ1v) is 9.38. The van der Waals surface area contributed by atoms with Crippen molar-refractivity contribution in [1.82, 2.24) is 4.98 Å². The molecule has 0 aliphatic heterocycles. The standard InChI is InChI=1S/C16H14BrClN2O3S/c1-8(23-13-6-5-9(18)7-10(13)17)15(22)20-16-19-11-3-2-4-12(21)14(11)24-16/h5-8H,2-4H2,1H3,(H,19,20,22). The highest BCUT2D eigenvalue weighted by molar-refractivity contribution is 9.10. The van der Waals surface area contributed by atoms with Gasteiger partial charge in [-0.1, -0.05) is 22.9 Å². The third kappa shape index (κ3) is 3.79. The Morgan fingerprint density at radius 1 is 1.46 bits per heavy atom. The molecule has 1 amide bonds. The summed E-state index contributed by atoms with van der Waals surface area (Å²) >= 11 is 10.5. The summed E-state index contributed by atoms with van der Waals surface area (Å²) < 4.78 is 6.32. The van der Waals surface area contributed by atoms with Crippen LogP contribution in [0.3, 0.4) is 0 Å². The highest BCUT2D eigenvalue weighted by atomic mass is 79.9. The van der Waals surface area contributed by atoms with Gasteiger partial charge in [-0.2, -0.15) is 0 Å². The number of aromatic nitrogens is 1. The SMILES string of the molecule is CC(Oc1ccc(Cl)cc1Br)C(=O)Nc1nc2c(s1)C(=O)CCC2. The monoisotopic (exact) mass is 428 g/mol. The third-order valence-electron chi connectivity index (χ3n) is 3.57. The molecule has 0 radical (unpaired) electrons. The zero-order valence-electron chi connectivity index (χ0n) is 12.8. The summed E-state index contributed by atoms with van der Waals surface area (Å²) in [5.74, 6) is 0.301. The summed E-state index contributed by atoms with van der Waals surface area (Å²) in [5.41, 5.74) is 0.778. The normalized spacial score (nSPS) is 14.9. The minimum atomic E-state index is -0.723. The van der Waals surface area contributed by atoms with Crippen molar-refractivity contribution in [3.63, 3.8) is 0 Å². The van der Waals surface area contributed by atoms with Gasteiger partial charge in [-0.05, 0) is 53.9 Å². The van der Waals surface area contributed by atoms with Crippen LogP contribution in [-0.2, 0) is 11.2 Å². The summed E-state index contributed by atoms with van der Waals surface area (Å²) in [6, 6.07) is 5.08. The molecule has 2 aromatic rings. The number of benzene rings is 1. The summed E-state index contributed by atoms with van der Waals surface area (Å²) in [5, 5.41) is 3.73. The molecule has 0 saturated carbocycles. The lowest BCUT2D eigenvalue weighted by Gasteiger charge is -2.15. The van der Waals surface area contributed by atoms with E-state index in [1.54, 1.807) is 25.1 Å². The molecule has 8 heteroatoms. The predicted octanol–water partition coefficient (Wildman–Crippen LogP) is 4.48. The van der Waals surface area contributed by atoms with Gasteiger partial charge in [-0.15, -0.1) is 0 Å². The number of carbonyl (C=O) groups excluding carboxylic acids is 2. The van der Waals surface area contributed by atoms with E-state index in [9.17, 15) is 9.59 Å². The van der Waals surface area contributed by atoms with E-state index in [2.05, 4.69) is 26.2 Å². The molecule has 1 aliphatic carbocycles. The molecule has 1 unspecified atom stereocenters. The van der Waals surface area contributed by atoms with E-state index in [4.69, 9.17) is 16.3 Å². The van der Waals surface area contributed by atoms with Gasteiger partial charge in [0, 0.05) is 11.4 Å². The van der Waals surface area contributed by atoms with Crippen molar-refractivity contribution in [1.29, 1.82) is 0 Å². The van der Waals surface area contributed by atoms with Crippen molar-refractivity contribution in [2.24, 2.45) is 0 Å². The zero-order valence-corrected chi connectivity index (χ0v) is 15.9. The van der Waals surface area contributed by atoms with Crippen molar-refractivity contribution in [3.8, 4) is 5.75 Å². The maximum Gasteiger partial charge on any atom is 0.266 e. The summed E-state index contributed by atoms with van der Waals surface area (Å²) in [7, 11) is 0. The Hall–Kier alpha value is -1.44. The molecule has 126 valence electrons. The van der Waals surface area contributed by atoms with Gasteiger partial charge < -0.3 is 4.74 Å². The van der Waals surface area contributed by atoms with Gasteiger partial charge in [0.05, 0.1) is 15.0 Å². The van der Waals surface area contributed by atoms with Crippen LogP contribution in [0.25, 0.3) is 0 Å². The number of amides is 1. The van der Waals surface area contributed by atoms with E-state index in [0.717, 1.165) is 18.5 Å². The molecule has 1 aromatic carbocycles. The quantitative estimate of drug-likeness (QED) is 0.778. The topological polar surface area (TPSA) is 68.3 Å². The number of rotatable bonds is 4. The van der Waals surface area contributed by atoms with Gasteiger partial charge in [0.25, 0.3) is 5.91 Å². The Morgan fingerprint density at radius 2 is 2.25 bits per heavy atom. The van der Waals surface area contributed by atoms with Crippen LogP contribution >= 0.6 is 38.9 Å². The molecule has 1 atom stereocenters. The molecule has 0 saturated heterocycles. The van der Waals surface area contributed by atoms with Gasteiger partial charge in [0.15, 0.2) is 17.0 Å². The van der Waals surface area contributed by atoms with Crippen molar-refractivity contribution in [2.75, 3.05) is 5.32 Å². The van der Waals surface area contributed by atoms with Gasteiger partial charge in [-0.25, -0.2) is 4.98 Å². The van der Waals surface area contributed by atoms with Crippen LogP contribution in [0, 0.1) is 0 Å². The molecule has 1 aromatic heterocycles. The Morgan fingerprint density at radius 3 is 2.96 bits per heavy atom. The van der Waals surface area contributed by atoms with Crippen molar-refractivity contribution >= 4 is 55.7 Å². The molecule has 24 heavy (non-hydrogen) atoms. The van der Waals surface area contributed by atoms with E-state index in [1.807, 2.05) is 0 Å². The number of ether oxygens (including phenoxy) is 1. The van der Waals surface area contributed by atoms with Gasteiger partial charge in [0.2, 0.25) is 0 Å². The molecule has 3 rings (SSSR count). The molecular formula is C16H14BrClN2O3S. The number of anilines is 1. The number of thiazole rings is 1. The van der Waals surface area contributed by atoms with Crippen LogP contribution in [0.5, 0.6) is 5.75 Å². The van der Waals surface area contributed by atoms with Crippen LogP contribution in [0.15, 0.2) is 22.7 Å². The van der Waals surface area contributed by atoms with Crippen molar-refractivity contribution in [3.05, 3.63) is 38.3 Å². The van der Waals surface area contributed by atoms with Crippen LogP contribution in [0.2, 0.25) is 5.02 Å². The molecular weight excluding hydrogens is 416 g/mol. The summed E-state index contributed by atoms with van der Waals surface area (Å²) in [6.45, 7) is 1.65. The van der Waals surface area contributed by atoms with Crippen LogP contribution in [0.4, 0.5) is 5.13 Å².